The molecule has 1 aliphatic rings. The van der Waals surface area contributed by atoms with Gasteiger partial charge in [-0.3, -0.25) is 0 Å². The van der Waals surface area contributed by atoms with Crippen molar-refractivity contribution in [3.63, 3.8) is 0 Å². The highest BCUT2D eigenvalue weighted by Gasteiger charge is 2.39. The van der Waals surface area contributed by atoms with Crippen molar-refractivity contribution < 1.29 is 17.9 Å². The van der Waals surface area contributed by atoms with E-state index >= 15 is 0 Å². The van der Waals surface area contributed by atoms with E-state index in [1.807, 2.05) is 41.8 Å². The molecule has 0 aliphatic carbocycles. The molecule has 0 bridgehead atoms. The fourth-order valence-electron chi connectivity index (χ4n) is 3.65. The van der Waals surface area contributed by atoms with Crippen molar-refractivity contribution in [2.24, 2.45) is 0 Å². The molecule has 2 aromatic carbocycles. The number of methoxy groups -OCH3 is 2. The molecule has 5 nitrogen and oxygen atoms in total. The zero-order valence-electron chi connectivity index (χ0n) is 15.7. The average molecular weight is 416 g/mol. The predicted octanol–water partition coefficient (Wildman–Crippen LogP) is 4.10. The van der Waals surface area contributed by atoms with E-state index in [2.05, 4.69) is 0 Å². The first-order valence-electron chi connectivity index (χ1n) is 8.91. The van der Waals surface area contributed by atoms with Crippen LogP contribution in [0.2, 0.25) is 0 Å². The van der Waals surface area contributed by atoms with E-state index in [1.54, 1.807) is 27.8 Å². The molecule has 1 aliphatic heterocycles. The van der Waals surface area contributed by atoms with Crippen molar-refractivity contribution >= 4 is 21.4 Å². The molecule has 0 radical (unpaired) electrons. The summed E-state index contributed by atoms with van der Waals surface area (Å²) < 4.78 is 39.7. The van der Waals surface area contributed by atoms with E-state index < -0.39 is 10.0 Å². The maximum atomic E-state index is 13.7. The summed E-state index contributed by atoms with van der Waals surface area (Å²) in [6.07, 6.45) is 0.696. The topological polar surface area (TPSA) is 55.8 Å². The number of ether oxygens (including phenoxy) is 2. The zero-order chi connectivity index (χ0) is 19.7. The van der Waals surface area contributed by atoms with Crippen LogP contribution in [-0.2, 0) is 16.4 Å². The molecule has 0 saturated carbocycles. The van der Waals surface area contributed by atoms with Crippen LogP contribution >= 0.6 is 11.3 Å². The Kier molecular flexibility index (Phi) is 5.14. The van der Waals surface area contributed by atoms with Crippen LogP contribution in [-0.4, -0.2) is 33.5 Å². The predicted molar refractivity (Wildman–Crippen MR) is 110 cm³/mol. The minimum Gasteiger partial charge on any atom is -0.497 e. The van der Waals surface area contributed by atoms with Crippen molar-refractivity contribution in [3.05, 3.63) is 76.0 Å². The lowest BCUT2D eigenvalue weighted by Gasteiger charge is -2.35. The highest BCUT2D eigenvalue weighted by molar-refractivity contribution is 7.89. The SMILES string of the molecule is COc1ccc(OC)c(S(=O)(=O)N2CCc3sccc3[C@H]2c2ccccc2)c1. The molecule has 0 N–H and O–H groups in total. The van der Waals surface area contributed by atoms with Crippen molar-refractivity contribution in [3.8, 4) is 11.5 Å². The molecule has 0 amide bonds. The summed E-state index contributed by atoms with van der Waals surface area (Å²) >= 11 is 1.68. The Morgan fingerprint density at radius 2 is 1.82 bits per heavy atom. The third-order valence-corrected chi connectivity index (χ3v) is 7.88. The molecule has 0 saturated heterocycles. The van der Waals surface area contributed by atoms with E-state index in [-0.39, 0.29) is 10.9 Å². The van der Waals surface area contributed by atoms with Gasteiger partial charge in [0.2, 0.25) is 10.0 Å². The van der Waals surface area contributed by atoms with Crippen molar-refractivity contribution in [1.29, 1.82) is 0 Å². The number of fused-ring (bicyclic) bond motifs is 1. The maximum Gasteiger partial charge on any atom is 0.247 e. The van der Waals surface area contributed by atoms with Gasteiger partial charge < -0.3 is 9.47 Å². The first-order valence-corrected chi connectivity index (χ1v) is 11.2. The Labute approximate surface area is 169 Å². The molecule has 28 heavy (non-hydrogen) atoms. The lowest BCUT2D eigenvalue weighted by atomic mass is 9.95. The van der Waals surface area contributed by atoms with E-state index in [1.165, 1.54) is 25.2 Å². The highest BCUT2D eigenvalue weighted by atomic mass is 32.2. The Morgan fingerprint density at radius 3 is 2.54 bits per heavy atom. The number of rotatable bonds is 5. The zero-order valence-corrected chi connectivity index (χ0v) is 17.3. The van der Waals surface area contributed by atoms with Crippen LogP contribution in [0.4, 0.5) is 0 Å². The molecule has 146 valence electrons. The average Bonchev–Trinajstić information content (AvgIpc) is 3.22. The van der Waals surface area contributed by atoms with Crippen LogP contribution in [0.15, 0.2) is 64.9 Å². The number of hydrogen-bond donors (Lipinski definition) is 0. The van der Waals surface area contributed by atoms with Gasteiger partial charge in [-0.1, -0.05) is 30.3 Å². The van der Waals surface area contributed by atoms with Gasteiger partial charge in [0.25, 0.3) is 0 Å². The van der Waals surface area contributed by atoms with Gasteiger partial charge in [-0.15, -0.1) is 11.3 Å². The van der Waals surface area contributed by atoms with Gasteiger partial charge in [0, 0.05) is 17.5 Å². The van der Waals surface area contributed by atoms with Crippen LogP contribution in [0, 0.1) is 0 Å². The summed E-state index contributed by atoms with van der Waals surface area (Å²) in [7, 11) is -0.830. The molecule has 3 aromatic rings. The molecule has 1 atom stereocenters. The second-order valence-corrected chi connectivity index (χ2v) is 9.35. The smallest absolute Gasteiger partial charge is 0.247 e. The minimum atomic E-state index is -3.82. The van der Waals surface area contributed by atoms with Gasteiger partial charge in [0.05, 0.1) is 20.3 Å². The molecule has 2 heterocycles. The van der Waals surface area contributed by atoms with Gasteiger partial charge in [0.15, 0.2) is 0 Å². The lowest BCUT2D eigenvalue weighted by molar-refractivity contribution is 0.341. The fourth-order valence-corrected chi connectivity index (χ4v) is 6.32. The maximum absolute atomic E-state index is 13.7. The monoisotopic (exact) mass is 415 g/mol. The number of nitrogens with zero attached hydrogens (tertiary/aromatic N) is 1. The van der Waals surface area contributed by atoms with Crippen LogP contribution in [0.3, 0.4) is 0 Å². The van der Waals surface area contributed by atoms with Crippen molar-refractivity contribution in [2.75, 3.05) is 20.8 Å². The minimum absolute atomic E-state index is 0.119. The number of benzene rings is 2. The summed E-state index contributed by atoms with van der Waals surface area (Å²) in [5.74, 6) is 0.785. The largest absolute Gasteiger partial charge is 0.497 e. The second-order valence-electron chi connectivity index (χ2n) is 6.49. The summed E-state index contributed by atoms with van der Waals surface area (Å²) in [5, 5.41) is 2.03. The molecule has 0 spiro atoms. The van der Waals surface area contributed by atoms with Crippen LogP contribution in [0.25, 0.3) is 0 Å². The third-order valence-electron chi connectivity index (χ3n) is 4.99. The standard InChI is InChI=1S/C21H21NO4S2/c1-25-16-8-9-18(26-2)20(14-16)28(23,24)22-12-10-19-17(11-13-27-19)21(22)15-6-4-3-5-7-15/h3-9,11,13-14,21H,10,12H2,1-2H3/t21-/m1/s1. The Hall–Kier alpha value is -2.35. The summed E-state index contributed by atoms with van der Waals surface area (Å²) in [4.78, 5) is 1.35. The van der Waals surface area contributed by atoms with E-state index in [4.69, 9.17) is 9.47 Å². The van der Waals surface area contributed by atoms with Crippen LogP contribution in [0.1, 0.15) is 22.0 Å². The van der Waals surface area contributed by atoms with E-state index in [0.29, 0.717) is 24.5 Å². The third kappa shape index (κ3) is 3.19. The van der Waals surface area contributed by atoms with Gasteiger partial charge in [-0.25, -0.2) is 8.42 Å². The molecule has 0 unspecified atom stereocenters. The van der Waals surface area contributed by atoms with Gasteiger partial charge in [-0.2, -0.15) is 4.31 Å². The quantitative estimate of drug-likeness (QED) is 0.630. The first kappa shape index (κ1) is 19.0. The molecular formula is C21H21NO4S2. The highest BCUT2D eigenvalue weighted by Crippen LogP contribution is 2.42. The van der Waals surface area contributed by atoms with Gasteiger partial charge in [-0.05, 0) is 41.1 Å². The van der Waals surface area contributed by atoms with Gasteiger partial charge >= 0.3 is 0 Å². The summed E-state index contributed by atoms with van der Waals surface area (Å²) in [5.41, 5.74) is 2.00. The molecule has 0 fully saturated rings. The Bertz CT molecular complexity index is 1080. The normalized spacial score (nSPS) is 17.1. The number of hydrogen-bond acceptors (Lipinski definition) is 5. The van der Waals surface area contributed by atoms with E-state index in [9.17, 15) is 8.42 Å². The van der Waals surface area contributed by atoms with Crippen molar-refractivity contribution in [2.45, 2.75) is 17.4 Å². The number of sulfonamides is 1. The molecule has 4 rings (SSSR count). The van der Waals surface area contributed by atoms with Crippen LogP contribution in [0.5, 0.6) is 11.5 Å². The first-order chi connectivity index (χ1) is 13.6. The summed E-state index contributed by atoms with van der Waals surface area (Å²) in [6, 6.07) is 16.3. The molecular weight excluding hydrogens is 394 g/mol. The van der Waals surface area contributed by atoms with Gasteiger partial charge in [0.1, 0.15) is 16.4 Å². The molecule has 1 aromatic heterocycles. The van der Waals surface area contributed by atoms with E-state index in [0.717, 1.165) is 11.1 Å². The Balaban J connectivity index is 1.87. The molecule has 7 heteroatoms. The van der Waals surface area contributed by atoms with Crippen molar-refractivity contribution in [1.82, 2.24) is 4.31 Å². The second kappa shape index (κ2) is 7.58. The summed E-state index contributed by atoms with van der Waals surface area (Å²) in [6.45, 7) is 0.412. The Morgan fingerprint density at radius 1 is 1.04 bits per heavy atom. The fraction of sp³-hybridized carbons (Fsp3) is 0.238. The number of thiophene rings is 1. The lowest BCUT2D eigenvalue weighted by Crippen LogP contribution is -2.40. The van der Waals surface area contributed by atoms with Crippen LogP contribution < -0.4 is 9.47 Å².